The Morgan fingerprint density at radius 2 is 1.57 bits per heavy atom. The Kier molecular flexibility index (Phi) is 5.29. The first-order valence-electron chi connectivity index (χ1n) is 7.88. The first-order valence-corrected chi connectivity index (χ1v) is 9.38. The van der Waals surface area contributed by atoms with Gasteiger partial charge in [0.15, 0.2) is 5.25 Å². The molecule has 1 atom stereocenters. The molecule has 1 fully saturated rings. The molecule has 144 valence electrons. The number of hydrogen-bond acceptors (Lipinski definition) is 8. The van der Waals surface area contributed by atoms with Crippen LogP contribution in [0.1, 0.15) is 16.8 Å². The molecule has 0 radical (unpaired) electrons. The minimum absolute atomic E-state index is 0.00503. The normalized spacial score (nSPS) is 17.3. The fourth-order valence-electron chi connectivity index (χ4n) is 2.32. The predicted octanol–water partition coefficient (Wildman–Crippen LogP) is 2.19. The van der Waals surface area contributed by atoms with Gasteiger partial charge in [-0.25, -0.2) is 4.79 Å². The van der Waals surface area contributed by atoms with Gasteiger partial charge < -0.3 is 4.84 Å². The van der Waals surface area contributed by atoms with Crippen molar-refractivity contribution in [1.82, 2.24) is 5.06 Å². The van der Waals surface area contributed by atoms with Gasteiger partial charge in [0.25, 0.3) is 21.9 Å². The van der Waals surface area contributed by atoms with E-state index in [1.807, 2.05) is 6.07 Å². The van der Waals surface area contributed by atoms with Crippen molar-refractivity contribution in [3.63, 3.8) is 0 Å². The van der Waals surface area contributed by atoms with Gasteiger partial charge in [0.2, 0.25) is 0 Å². The summed E-state index contributed by atoms with van der Waals surface area (Å²) < 4.78 is 31.1. The lowest BCUT2D eigenvalue weighted by Crippen LogP contribution is -2.36. The van der Waals surface area contributed by atoms with E-state index in [9.17, 15) is 22.8 Å². The fraction of sp³-hybridized carbons (Fsp3) is 0.118. The molecule has 0 aromatic heterocycles. The molecule has 1 N–H and O–H groups in total. The van der Waals surface area contributed by atoms with Crippen LogP contribution in [0.25, 0.3) is 0 Å². The van der Waals surface area contributed by atoms with Gasteiger partial charge in [-0.3, -0.25) is 14.1 Å². The molecule has 1 aliphatic heterocycles. The zero-order chi connectivity index (χ0) is 20.3. The van der Waals surface area contributed by atoms with E-state index in [2.05, 4.69) is 15.1 Å². The lowest BCUT2D eigenvalue weighted by Gasteiger charge is -2.13. The quantitative estimate of drug-likeness (QED) is 0.458. The van der Waals surface area contributed by atoms with E-state index in [1.54, 1.807) is 24.3 Å². The summed E-state index contributed by atoms with van der Waals surface area (Å²) in [4.78, 5) is 40.4. The Labute approximate surface area is 159 Å². The number of carbonyl (C=O) groups excluding carboxylic acids is 3. The summed E-state index contributed by atoms with van der Waals surface area (Å²) in [7, 11) is -4.78. The number of benzene rings is 2. The van der Waals surface area contributed by atoms with Gasteiger partial charge in [-0.15, -0.1) is 5.06 Å². The van der Waals surface area contributed by atoms with Crippen LogP contribution in [-0.4, -0.2) is 41.1 Å². The van der Waals surface area contributed by atoms with Crippen LogP contribution in [0.2, 0.25) is 0 Å². The summed E-state index contributed by atoms with van der Waals surface area (Å²) in [5.74, 6) is -3.42. The molecule has 1 saturated heterocycles. The topological polar surface area (TPSA) is 143 Å². The molecule has 1 unspecified atom stereocenters. The van der Waals surface area contributed by atoms with Gasteiger partial charge >= 0.3 is 5.97 Å². The molecular weight excluding hydrogens is 390 g/mol. The minimum atomic E-state index is -4.78. The van der Waals surface area contributed by atoms with Gasteiger partial charge in [0, 0.05) is 0 Å². The number of imide groups is 1. The van der Waals surface area contributed by atoms with Crippen molar-refractivity contribution in [2.24, 2.45) is 10.2 Å². The third-order valence-corrected chi connectivity index (χ3v) is 4.82. The van der Waals surface area contributed by atoms with Crippen molar-refractivity contribution in [2.45, 2.75) is 11.7 Å². The number of nitrogens with zero attached hydrogens (tertiary/aromatic N) is 3. The average Bonchev–Trinajstić information content (AvgIpc) is 2.96. The zero-order valence-corrected chi connectivity index (χ0v) is 14.9. The highest BCUT2D eigenvalue weighted by Crippen LogP contribution is 2.22. The van der Waals surface area contributed by atoms with Crippen molar-refractivity contribution in [3.8, 4) is 0 Å². The molecule has 1 heterocycles. The minimum Gasteiger partial charge on any atom is -0.325 e. The first kappa shape index (κ1) is 19.3. The van der Waals surface area contributed by atoms with Crippen molar-refractivity contribution in [1.29, 1.82) is 0 Å². The molecule has 0 spiro atoms. The second-order valence-corrected chi connectivity index (χ2v) is 7.29. The summed E-state index contributed by atoms with van der Waals surface area (Å²) in [6, 6.07) is 14.6. The van der Waals surface area contributed by atoms with Crippen molar-refractivity contribution in [3.05, 3.63) is 60.2 Å². The standard InChI is InChI=1S/C17H13N3O7S/c21-15-10-14(28(24,25)26)16(22)20(15)27-17(23)11-6-8-13(9-7-11)19-18-12-4-2-1-3-5-12/h1-9,14H,10H2,(H,24,25,26). The molecule has 2 aromatic rings. The van der Waals surface area contributed by atoms with Crippen molar-refractivity contribution >= 4 is 39.3 Å². The van der Waals surface area contributed by atoms with E-state index in [0.717, 1.165) is 0 Å². The summed E-state index contributed by atoms with van der Waals surface area (Å²) >= 11 is 0. The third kappa shape index (κ3) is 4.27. The van der Waals surface area contributed by atoms with Crippen LogP contribution in [-0.2, 0) is 24.5 Å². The monoisotopic (exact) mass is 403 g/mol. The van der Waals surface area contributed by atoms with E-state index in [4.69, 9.17) is 4.55 Å². The number of azo groups is 1. The lowest BCUT2D eigenvalue weighted by atomic mass is 10.2. The van der Waals surface area contributed by atoms with Gasteiger partial charge in [-0.05, 0) is 36.4 Å². The Morgan fingerprint density at radius 1 is 1.00 bits per heavy atom. The second kappa shape index (κ2) is 7.66. The molecule has 3 rings (SSSR count). The van der Waals surface area contributed by atoms with E-state index in [-0.39, 0.29) is 10.6 Å². The van der Waals surface area contributed by atoms with Gasteiger partial charge in [-0.1, -0.05) is 18.2 Å². The van der Waals surface area contributed by atoms with Crippen LogP contribution >= 0.6 is 0 Å². The summed E-state index contributed by atoms with van der Waals surface area (Å²) in [6.07, 6.45) is -0.802. The predicted molar refractivity (Wildman–Crippen MR) is 94.3 cm³/mol. The molecule has 0 aliphatic carbocycles. The molecule has 28 heavy (non-hydrogen) atoms. The molecule has 1 aliphatic rings. The molecule has 2 aromatic carbocycles. The van der Waals surface area contributed by atoms with Crippen LogP contribution in [0.15, 0.2) is 64.8 Å². The molecule has 2 amide bonds. The summed E-state index contributed by atoms with van der Waals surface area (Å²) in [6.45, 7) is 0. The number of carbonyl (C=O) groups is 3. The Bertz CT molecular complexity index is 1050. The third-order valence-electron chi connectivity index (χ3n) is 3.74. The Morgan fingerprint density at radius 3 is 2.11 bits per heavy atom. The number of hydroxylamine groups is 2. The van der Waals surface area contributed by atoms with E-state index >= 15 is 0 Å². The lowest BCUT2D eigenvalue weighted by molar-refractivity contribution is -0.172. The first-order chi connectivity index (χ1) is 13.3. The van der Waals surface area contributed by atoms with E-state index < -0.39 is 39.6 Å². The van der Waals surface area contributed by atoms with Crippen molar-refractivity contribution in [2.75, 3.05) is 0 Å². The smallest absolute Gasteiger partial charge is 0.325 e. The SMILES string of the molecule is O=C(ON1C(=O)CC(S(=O)(=O)O)C1=O)c1ccc(N=Nc2ccccc2)cc1. The largest absolute Gasteiger partial charge is 0.363 e. The molecule has 10 nitrogen and oxygen atoms in total. The van der Waals surface area contributed by atoms with Gasteiger partial charge in [0.05, 0.1) is 23.4 Å². The summed E-state index contributed by atoms with van der Waals surface area (Å²) in [5, 5.41) is 6.08. The second-order valence-electron chi connectivity index (χ2n) is 5.70. The number of rotatable bonds is 5. The fourth-order valence-corrected chi connectivity index (χ4v) is 3.02. The maximum absolute atomic E-state index is 12.1. The van der Waals surface area contributed by atoms with Gasteiger partial charge in [0.1, 0.15) is 0 Å². The van der Waals surface area contributed by atoms with Crippen LogP contribution in [0, 0.1) is 0 Å². The van der Waals surface area contributed by atoms with E-state index in [1.165, 1.54) is 24.3 Å². The summed E-state index contributed by atoms with van der Waals surface area (Å²) in [5.41, 5.74) is 1.08. The maximum atomic E-state index is 12.1. The number of amides is 2. The highest BCUT2D eigenvalue weighted by molar-refractivity contribution is 7.87. The maximum Gasteiger partial charge on any atom is 0.363 e. The van der Waals surface area contributed by atoms with E-state index in [0.29, 0.717) is 11.4 Å². The van der Waals surface area contributed by atoms with Crippen molar-refractivity contribution < 1.29 is 32.2 Å². The van der Waals surface area contributed by atoms with Crippen LogP contribution in [0.4, 0.5) is 11.4 Å². The number of hydrogen-bond donors (Lipinski definition) is 1. The molecule has 11 heteroatoms. The van der Waals surface area contributed by atoms with Crippen LogP contribution in [0.5, 0.6) is 0 Å². The highest BCUT2D eigenvalue weighted by Gasteiger charge is 2.48. The van der Waals surface area contributed by atoms with Gasteiger partial charge in [-0.2, -0.15) is 18.6 Å². The molecule has 0 bridgehead atoms. The highest BCUT2D eigenvalue weighted by atomic mass is 32.2. The van der Waals surface area contributed by atoms with Crippen LogP contribution in [0.3, 0.4) is 0 Å². The van der Waals surface area contributed by atoms with Crippen LogP contribution < -0.4 is 0 Å². The zero-order valence-electron chi connectivity index (χ0n) is 14.1. The Hall–Kier alpha value is -3.44. The molecule has 0 saturated carbocycles. The molecular formula is C17H13N3O7S. The Balaban J connectivity index is 1.67. The average molecular weight is 403 g/mol.